The van der Waals surface area contributed by atoms with Gasteiger partial charge in [-0.3, -0.25) is 4.79 Å². The average molecular weight is 253 g/mol. The van der Waals surface area contributed by atoms with Crippen molar-refractivity contribution in [3.05, 3.63) is 71.3 Å². The molecule has 0 aliphatic rings. The van der Waals surface area contributed by atoms with Gasteiger partial charge in [-0.15, -0.1) is 0 Å². The predicted molar refractivity (Wildman–Crippen MR) is 78.3 cm³/mol. The van der Waals surface area contributed by atoms with E-state index in [0.29, 0.717) is 6.54 Å². The van der Waals surface area contributed by atoms with Gasteiger partial charge < -0.3 is 5.32 Å². The number of aryl methyl sites for hydroxylation is 2. The first-order valence-electron chi connectivity index (χ1n) is 6.64. The van der Waals surface area contributed by atoms with Gasteiger partial charge in [0.1, 0.15) is 0 Å². The lowest BCUT2D eigenvalue weighted by Gasteiger charge is -2.05. The molecule has 0 saturated carbocycles. The molecule has 0 fully saturated rings. The summed E-state index contributed by atoms with van der Waals surface area (Å²) in [5, 5.41) is 2.95. The highest BCUT2D eigenvalue weighted by Crippen LogP contribution is 2.04. The minimum absolute atomic E-state index is 0.00746. The van der Waals surface area contributed by atoms with E-state index in [0.717, 1.165) is 18.4 Å². The van der Waals surface area contributed by atoms with Crippen molar-refractivity contribution in [2.75, 3.05) is 6.54 Å². The lowest BCUT2D eigenvalue weighted by molar-refractivity contribution is 0.0953. The number of carbonyl (C=O) groups is 1. The molecule has 2 heteroatoms. The van der Waals surface area contributed by atoms with Crippen molar-refractivity contribution in [1.82, 2.24) is 5.32 Å². The van der Waals surface area contributed by atoms with E-state index < -0.39 is 0 Å². The molecular formula is C17H19NO. The van der Waals surface area contributed by atoms with E-state index in [2.05, 4.69) is 17.4 Å². The molecule has 2 aromatic rings. The highest BCUT2D eigenvalue weighted by atomic mass is 16.1. The van der Waals surface area contributed by atoms with Crippen LogP contribution in [0.2, 0.25) is 0 Å². The highest BCUT2D eigenvalue weighted by Gasteiger charge is 2.03. The summed E-state index contributed by atoms with van der Waals surface area (Å²) in [6.45, 7) is 2.73. The first-order valence-corrected chi connectivity index (χ1v) is 6.64. The molecule has 0 unspecified atom stereocenters. The molecule has 2 rings (SSSR count). The van der Waals surface area contributed by atoms with E-state index in [1.165, 1.54) is 11.1 Å². The summed E-state index contributed by atoms with van der Waals surface area (Å²) < 4.78 is 0. The van der Waals surface area contributed by atoms with Gasteiger partial charge in [-0.05, 0) is 37.5 Å². The molecule has 19 heavy (non-hydrogen) atoms. The fourth-order valence-corrected chi connectivity index (χ4v) is 1.95. The molecule has 0 heterocycles. The number of hydrogen-bond acceptors (Lipinski definition) is 1. The Morgan fingerprint density at radius 1 is 1.00 bits per heavy atom. The number of nitrogens with one attached hydrogen (secondary N) is 1. The van der Waals surface area contributed by atoms with Gasteiger partial charge in [0, 0.05) is 12.1 Å². The van der Waals surface area contributed by atoms with Crippen LogP contribution in [-0.2, 0) is 6.42 Å². The molecule has 1 N–H and O–H groups in total. The summed E-state index contributed by atoms with van der Waals surface area (Å²) in [7, 11) is 0. The van der Waals surface area contributed by atoms with Crippen molar-refractivity contribution in [2.45, 2.75) is 19.8 Å². The second-order valence-electron chi connectivity index (χ2n) is 4.71. The SMILES string of the molecule is Cc1ccc(C(=O)NCCCc2ccccc2)cc1. The Bertz CT molecular complexity index is 517. The Hall–Kier alpha value is -2.09. The van der Waals surface area contributed by atoms with E-state index in [9.17, 15) is 4.79 Å². The molecule has 98 valence electrons. The standard InChI is InChI=1S/C17H19NO/c1-14-9-11-16(12-10-14)17(19)18-13-5-8-15-6-3-2-4-7-15/h2-4,6-7,9-12H,5,8,13H2,1H3,(H,18,19). The monoisotopic (exact) mass is 253 g/mol. The average Bonchev–Trinajstić information content (AvgIpc) is 2.45. The van der Waals surface area contributed by atoms with Crippen LogP contribution in [0.1, 0.15) is 27.9 Å². The molecular weight excluding hydrogens is 234 g/mol. The summed E-state index contributed by atoms with van der Waals surface area (Å²) in [5.74, 6) is 0.00746. The molecule has 0 aliphatic heterocycles. The van der Waals surface area contributed by atoms with Crippen LogP contribution in [0.25, 0.3) is 0 Å². The largest absolute Gasteiger partial charge is 0.352 e. The zero-order chi connectivity index (χ0) is 13.5. The normalized spacial score (nSPS) is 10.2. The molecule has 0 aromatic heterocycles. The van der Waals surface area contributed by atoms with Crippen LogP contribution in [0, 0.1) is 6.92 Å². The molecule has 0 bridgehead atoms. The number of rotatable bonds is 5. The van der Waals surface area contributed by atoms with Gasteiger partial charge in [0.25, 0.3) is 5.91 Å². The molecule has 2 nitrogen and oxygen atoms in total. The van der Waals surface area contributed by atoms with Crippen LogP contribution in [0.4, 0.5) is 0 Å². The maximum atomic E-state index is 11.9. The Labute approximate surface area is 114 Å². The molecule has 0 atom stereocenters. The smallest absolute Gasteiger partial charge is 0.251 e. The zero-order valence-electron chi connectivity index (χ0n) is 11.2. The minimum atomic E-state index is 0.00746. The Morgan fingerprint density at radius 2 is 1.68 bits per heavy atom. The summed E-state index contributed by atoms with van der Waals surface area (Å²) in [4.78, 5) is 11.9. The number of carbonyl (C=O) groups excluding carboxylic acids is 1. The van der Waals surface area contributed by atoms with Gasteiger partial charge >= 0.3 is 0 Å². The second kappa shape index (κ2) is 6.74. The van der Waals surface area contributed by atoms with Crippen molar-refractivity contribution in [1.29, 1.82) is 0 Å². The molecule has 0 spiro atoms. The van der Waals surface area contributed by atoms with Crippen molar-refractivity contribution in [2.24, 2.45) is 0 Å². The van der Waals surface area contributed by atoms with Crippen LogP contribution in [-0.4, -0.2) is 12.5 Å². The Balaban J connectivity index is 1.74. The van der Waals surface area contributed by atoms with E-state index in [-0.39, 0.29) is 5.91 Å². The van der Waals surface area contributed by atoms with Gasteiger partial charge in [-0.2, -0.15) is 0 Å². The molecule has 1 amide bonds. The topological polar surface area (TPSA) is 29.1 Å². The predicted octanol–water partition coefficient (Wildman–Crippen LogP) is 3.36. The number of amides is 1. The lowest BCUT2D eigenvalue weighted by atomic mass is 10.1. The highest BCUT2D eigenvalue weighted by molar-refractivity contribution is 5.94. The van der Waals surface area contributed by atoms with Crippen LogP contribution >= 0.6 is 0 Å². The maximum absolute atomic E-state index is 11.9. The Morgan fingerprint density at radius 3 is 2.37 bits per heavy atom. The quantitative estimate of drug-likeness (QED) is 0.813. The summed E-state index contributed by atoms with van der Waals surface area (Å²) >= 11 is 0. The van der Waals surface area contributed by atoms with Gasteiger partial charge in [-0.25, -0.2) is 0 Å². The van der Waals surface area contributed by atoms with Crippen LogP contribution in [0.15, 0.2) is 54.6 Å². The van der Waals surface area contributed by atoms with Crippen molar-refractivity contribution in [3.63, 3.8) is 0 Å². The first kappa shape index (κ1) is 13.3. The van der Waals surface area contributed by atoms with Crippen molar-refractivity contribution in [3.8, 4) is 0 Å². The van der Waals surface area contributed by atoms with E-state index >= 15 is 0 Å². The van der Waals surface area contributed by atoms with Crippen LogP contribution in [0.3, 0.4) is 0 Å². The summed E-state index contributed by atoms with van der Waals surface area (Å²) in [6.07, 6.45) is 1.95. The van der Waals surface area contributed by atoms with Gasteiger partial charge in [0.2, 0.25) is 0 Å². The molecule has 0 saturated heterocycles. The van der Waals surface area contributed by atoms with Crippen LogP contribution < -0.4 is 5.32 Å². The third-order valence-electron chi connectivity index (χ3n) is 3.08. The van der Waals surface area contributed by atoms with Crippen molar-refractivity contribution >= 4 is 5.91 Å². The van der Waals surface area contributed by atoms with Crippen molar-refractivity contribution < 1.29 is 4.79 Å². The maximum Gasteiger partial charge on any atom is 0.251 e. The van der Waals surface area contributed by atoms with Gasteiger partial charge in [0.15, 0.2) is 0 Å². The molecule has 2 aromatic carbocycles. The zero-order valence-corrected chi connectivity index (χ0v) is 11.2. The Kier molecular flexibility index (Phi) is 4.73. The number of hydrogen-bond donors (Lipinski definition) is 1. The lowest BCUT2D eigenvalue weighted by Crippen LogP contribution is -2.24. The van der Waals surface area contributed by atoms with E-state index in [4.69, 9.17) is 0 Å². The fourth-order valence-electron chi connectivity index (χ4n) is 1.95. The third-order valence-corrected chi connectivity index (χ3v) is 3.08. The molecule has 0 radical (unpaired) electrons. The number of benzene rings is 2. The van der Waals surface area contributed by atoms with Crippen LogP contribution in [0.5, 0.6) is 0 Å². The first-order chi connectivity index (χ1) is 9.25. The summed E-state index contributed by atoms with van der Waals surface area (Å²) in [5.41, 5.74) is 3.21. The van der Waals surface area contributed by atoms with E-state index in [1.807, 2.05) is 49.4 Å². The molecule has 0 aliphatic carbocycles. The minimum Gasteiger partial charge on any atom is -0.352 e. The third kappa shape index (κ3) is 4.25. The summed E-state index contributed by atoms with van der Waals surface area (Å²) in [6, 6.07) is 18.0. The van der Waals surface area contributed by atoms with Gasteiger partial charge in [-0.1, -0.05) is 48.0 Å². The second-order valence-corrected chi connectivity index (χ2v) is 4.71. The fraction of sp³-hybridized carbons (Fsp3) is 0.235. The van der Waals surface area contributed by atoms with E-state index in [1.54, 1.807) is 0 Å². The van der Waals surface area contributed by atoms with Gasteiger partial charge in [0.05, 0.1) is 0 Å².